The number of hydrogen-bond acceptors (Lipinski definition) is 3. The van der Waals surface area contributed by atoms with Crippen LogP contribution in [0.5, 0.6) is 0 Å². The second-order valence-electron chi connectivity index (χ2n) is 3.43. The Hall–Kier alpha value is -0.570. The number of carbonyl (C=O) groups excluding carboxylic acids is 1. The van der Waals surface area contributed by atoms with Crippen LogP contribution in [0.25, 0.3) is 0 Å². The van der Waals surface area contributed by atoms with Crippen LogP contribution in [-0.4, -0.2) is 24.3 Å². The summed E-state index contributed by atoms with van der Waals surface area (Å²) >= 11 is 0. The first-order chi connectivity index (χ1) is 5.20. The Labute approximate surface area is 65.7 Å². The van der Waals surface area contributed by atoms with E-state index in [1.54, 1.807) is 0 Å². The highest BCUT2D eigenvalue weighted by Gasteiger charge is 2.51. The second kappa shape index (κ2) is 2.21. The molecule has 11 heavy (non-hydrogen) atoms. The molecule has 1 aliphatic heterocycles. The summed E-state index contributed by atoms with van der Waals surface area (Å²) in [5, 5.41) is 0. The summed E-state index contributed by atoms with van der Waals surface area (Å²) in [6, 6.07) is 0. The quantitative estimate of drug-likeness (QED) is 0.528. The van der Waals surface area contributed by atoms with E-state index in [-0.39, 0.29) is 17.7 Å². The lowest BCUT2D eigenvalue weighted by Crippen LogP contribution is -2.16. The summed E-state index contributed by atoms with van der Waals surface area (Å²) in [4.78, 5) is 10.6. The molecule has 0 radical (unpaired) electrons. The fourth-order valence-electron chi connectivity index (χ4n) is 1.60. The minimum absolute atomic E-state index is 0.0231. The van der Waals surface area contributed by atoms with Crippen molar-refractivity contribution in [1.82, 2.24) is 0 Å². The van der Waals surface area contributed by atoms with Crippen molar-refractivity contribution in [3.8, 4) is 0 Å². The molecule has 0 aromatic heterocycles. The van der Waals surface area contributed by atoms with E-state index >= 15 is 0 Å². The first-order valence-corrected chi connectivity index (χ1v) is 4.01. The largest absolute Gasteiger partial charge is 0.460 e. The maximum Gasteiger partial charge on any atom is 0.302 e. The van der Waals surface area contributed by atoms with Gasteiger partial charge in [0, 0.05) is 13.3 Å². The molecule has 0 N–H and O–H groups in total. The Kier molecular flexibility index (Phi) is 1.42. The molecular weight excluding hydrogens is 144 g/mol. The summed E-state index contributed by atoms with van der Waals surface area (Å²) in [6.07, 6.45) is 3.22. The second-order valence-corrected chi connectivity index (χ2v) is 3.43. The molecule has 62 valence electrons. The lowest BCUT2D eigenvalue weighted by atomic mass is 10.2. The van der Waals surface area contributed by atoms with E-state index in [0.717, 1.165) is 19.3 Å². The van der Waals surface area contributed by atoms with Gasteiger partial charge in [-0.05, 0) is 12.8 Å². The van der Waals surface area contributed by atoms with Gasteiger partial charge in [-0.3, -0.25) is 4.79 Å². The van der Waals surface area contributed by atoms with Crippen molar-refractivity contribution < 1.29 is 14.3 Å². The predicted molar refractivity (Wildman–Crippen MR) is 38.1 cm³/mol. The van der Waals surface area contributed by atoms with Crippen molar-refractivity contribution in [2.75, 3.05) is 6.61 Å². The number of carbonyl (C=O) groups is 1. The third-order valence-corrected chi connectivity index (χ3v) is 2.32. The molecule has 1 aliphatic carbocycles. The molecule has 0 aromatic carbocycles. The monoisotopic (exact) mass is 156 g/mol. The van der Waals surface area contributed by atoms with Gasteiger partial charge in [-0.2, -0.15) is 0 Å². The zero-order chi connectivity index (χ0) is 7.90. The van der Waals surface area contributed by atoms with Gasteiger partial charge in [0.05, 0.1) is 12.2 Å². The van der Waals surface area contributed by atoms with Crippen molar-refractivity contribution in [3.63, 3.8) is 0 Å². The average Bonchev–Trinajstić information content (AvgIpc) is 2.51. The number of esters is 1. The van der Waals surface area contributed by atoms with E-state index in [9.17, 15) is 4.79 Å². The molecule has 1 unspecified atom stereocenters. The van der Waals surface area contributed by atoms with Crippen LogP contribution >= 0.6 is 0 Å². The summed E-state index contributed by atoms with van der Waals surface area (Å²) in [5.41, 5.74) is 0.125. The van der Waals surface area contributed by atoms with Crippen LogP contribution in [0.15, 0.2) is 0 Å². The molecule has 1 saturated heterocycles. The smallest absolute Gasteiger partial charge is 0.302 e. The summed E-state index contributed by atoms with van der Waals surface area (Å²) in [6.45, 7) is 2.04. The first kappa shape index (κ1) is 7.10. The third kappa shape index (κ3) is 1.38. The topological polar surface area (TPSA) is 35.5 Å². The molecule has 1 spiro atoms. The van der Waals surface area contributed by atoms with E-state index in [2.05, 4.69) is 0 Å². The number of rotatable bonds is 1. The standard InChI is InChI=1S/C8H12O3/c1-6(9)11-7-4-8(2-3-8)10-5-7/h7H,2-5H2,1H3. The van der Waals surface area contributed by atoms with E-state index in [4.69, 9.17) is 9.47 Å². The summed E-state index contributed by atoms with van der Waals surface area (Å²) in [7, 11) is 0. The highest BCUT2D eigenvalue weighted by atomic mass is 16.6. The van der Waals surface area contributed by atoms with Crippen LogP contribution in [0, 0.1) is 0 Å². The zero-order valence-electron chi connectivity index (χ0n) is 6.63. The van der Waals surface area contributed by atoms with E-state index in [1.165, 1.54) is 6.92 Å². The lowest BCUT2D eigenvalue weighted by Gasteiger charge is -2.06. The molecule has 2 fully saturated rings. The van der Waals surface area contributed by atoms with Gasteiger partial charge in [-0.1, -0.05) is 0 Å². The maximum absolute atomic E-state index is 10.6. The van der Waals surface area contributed by atoms with Crippen LogP contribution in [-0.2, 0) is 14.3 Å². The predicted octanol–water partition coefficient (Wildman–Crippen LogP) is 0.871. The average molecular weight is 156 g/mol. The van der Waals surface area contributed by atoms with Crippen LogP contribution in [0.1, 0.15) is 26.2 Å². The van der Waals surface area contributed by atoms with Gasteiger partial charge in [-0.15, -0.1) is 0 Å². The Bertz CT molecular complexity index is 184. The summed E-state index contributed by atoms with van der Waals surface area (Å²) < 4.78 is 10.5. The third-order valence-electron chi connectivity index (χ3n) is 2.32. The van der Waals surface area contributed by atoms with Crippen molar-refractivity contribution in [2.24, 2.45) is 0 Å². The minimum Gasteiger partial charge on any atom is -0.460 e. The Morgan fingerprint density at radius 3 is 2.82 bits per heavy atom. The zero-order valence-corrected chi connectivity index (χ0v) is 6.63. The minimum atomic E-state index is -0.198. The van der Waals surface area contributed by atoms with Gasteiger partial charge in [0.2, 0.25) is 0 Å². The Morgan fingerprint density at radius 1 is 1.64 bits per heavy atom. The lowest BCUT2D eigenvalue weighted by molar-refractivity contribution is -0.146. The highest BCUT2D eigenvalue weighted by molar-refractivity contribution is 5.66. The van der Waals surface area contributed by atoms with E-state index < -0.39 is 0 Å². The van der Waals surface area contributed by atoms with Crippen LogP contribution in [0.2, 0.25) is 0 Å². The fraction of sp³-hybridized carbons (Fsp3) is 0.875. The van der Waals surface area contributed by atoms with Gasteiger partial charge in [0.1, 0.15) is 6.10 Å². The molecule has 1 heterocycles. The van der Waals surface area contributed by atoms with Crippen molar-refractivity contribution in [3.05, 3.63) is 0 Å². The summed E-state index contributed by atoms with van der Waals surface area (Å²) in [5.74, 6) is -0.198. The first-order valence-electron chi connectivity index (χ1n) is 4.01. The molecule has 3 nitrogen and oxygen atoms in total. The van der Waals surface area contributed by atoms with E-state index in [0.29, 0.717) is 6.61 Å². The molecule has 0 bridgehead atoms. The van der Waals surface area contributed by atoms with Crippen LogP contribution in [0.3, 0.4) is 0 Å². The molecule has 1 saturated carbocycles. The van der Waals surface area contributed by atoms with Gasteiger partial charge >= 0.3 is 5.97 Å². The molecule has 1 atom stereocenters. The number of ether oxygens (including phenoxy) is 2. The van der Waals surface area contributed by atoms with Gasteiger partial charge in [0.25, 0.3) is 0 Å². The molecule has 0 amide bonds. The fourth-order valence-corrected chi connectivity index (χ4v) is 1.60. The maximum atomic E-state index is 10.6. The van der Waals surface area contributed by atoms with Gasteiger partial charge in [-0.25, -0.2) is 0 Å². The number of hydrogen-bond donors (Lipinski definition) is 0. The van der Waals surface area contributed by atoms with Gasteiger partial charge < -0.3 is 9.47 Å². The Morgan fingerprint density at radius 2 is 2.36 bits per heavy atom. The highest BCUT2D eigenvalue weighted by Crippen LogP contribution is 2.47. The van der Waals surface area contributed by atoms with Crippen molar-refractivity contribution in [2.45, 2.75) is 37.9 Å². The van der Waals surface area contributed by atoms with E-state index in [1.807, 2.05) is 0 Å². The van der Waals surface area contributed by atoms with Gasteiger partial charge in [0.15, 0.2) is 0 Å². The molecule has 3 heteroatoms. The van der Waals surface area contributed by atoms with Crippen LogP contribution in [0.4, 0.5) is 0 Å². The molecule has 2 aliphatic rings. The molecular formula is C8H12O3. The van der Waals surface area contributed by atoms with Crippen molar-refractivity contribution in [1.29, 1.82) is 0 Å². The van der Waals surface area contributed by atoms with Crippen molar-refractivity contribution >= 4 is 5.97 Å². The Balaban J connectivity index is 1.85. The van der Waals surface area contributed by atoms with Crippen LogP contribution < -0.4 is 0 Å². The SMILES string of the molecule is CC(=O)OC1COC2(CC2)C1. The molecule has 2 rings (SSSR count). The molecule has 0 aromatic rings. The normalized spacial score (nSPS) is 32.3.